The Morgan fingerprint density at radius 2 is 1.93 bits per heavy atom. The lowest BCUT2D eigenvalue weighted by atomic mass is 10.1. The number of nitrogens with one attached hydrogen (secondary N) is 1. The quantitative estimate of drug-likeness (QED) is 0.167. The Kier molecular flexibility index (Phi) is 8.54. The summed E-state index contributed by atoms with van der Waals surface area (Å²) in [5, 5.41) is 4.38. The molecule has 0 aliphatic heterocycles. The van der Waals surface area contributed by atoms with E-state index in [0.29, 0.717) is 44.9 Å². The average molecular weight is 619 g/mol. The van der Waals surface area contributed by atoms with Gasteiger partial charge in [0.25, 0.3) is 0 Å². The van der Waals surface area contributed by atoms with Crippen LogP contribution in [0.4, 0.5) is 20.7 Å². The van der Waals surface area contributed by atoms with Crippen LogP contribution in [-0.2, 0) is 17.9 Å². The molecule has 0 spiro atoms. The number of carbonyl (C=O) groups is 1. The van der Waals surface area contributed by atoms with Gasteiger partial charge in [0, 0.05) is 25.9 Å². The van der Waals surface area contributed by atoms with Crippen molar-refractivity contribution in [1.29, 1.82) is 0 Å². The van der Waals surface area contributed by atoms with Gasteiger partial charge in [-0.25, -0.2) is 19.2 Å². The molecule has 2 heterocycles. The number of carbonyl (C=O) groups excluding carboxylic acids is 1. The first-order valence-electron chi connectivity index (χ1n) is 15.1. The summed E-state index contributed by atoms with van der Waals surface area (Å²) in [4.78, 5) is 22.8. The molecule has 0 atom stereocenters. The fourth-order valence-corrected chi connectivity index (χ4v) is 4.63. The van der Waals surface area contributed by atoms with Crippen LogP contribution >= 0.6 is 11.6 Å². The largest absolute Gasteiger partial charge is 0.487 e. The van der Waals surface area contributed by atoms with Crippen molar-refractivity contribution in [1.82, 2.24) is 14.9 Å². The molecule has 0 bridgehead atoms. The molecule has 0 saturated carbocycles. The molecular weight excluding hydrogens is 583 g/mol. The van der Waals surface area contributed by atoms with Gasteiger partial charge >= 0.3 is 6.09 Å². The van der Waals surface area contributed by atoms with Crippen LogP contribution in [0.3, 0.4) is 0 Å². The number of fused-ring (bicyclic) bond motifs is 1. The highest BCUT2D eigenvalue weighted by Crippen LogP contribution is 2.33. The van der Waals surface area contributed by atoms with Gasteiger partial charge in [0.05, 0.1) is 17.1 Å². The maximum Gasteiger partial charge on any atom is 0.410 e. The van der Waals surface area contributed by atoms with E-state index in [2.05, 4.69) is 15.3 Å². The molecule has 0 aliphatic carbocycles. The zero-order valence-electron chi connectivity index (χ0n) is 26.9. The zero-order chi connectivity index (χ0) is 33.1. The van der Waals surface area contributed by atoms with E-state index in [-0.39, 0.29) is 25.4 Å². The molecule has 44 heavy (non-hydrogen) atoms. The SMILES string of the molecule is [2H]C([2H])(CC)N(Cc1ccc(-c2ccc3ncnc(Nc4ccc(OCc5cccc(F)c5)c(Cl)c4)c3c2)o1)C(=O)OC(C)(C)C. The summed E-state index contributed by atoms with van der Waals surface area (Å²) in [5.74, 6) is 1.58. The van der Waals surface area contributed by atoms with Crippen LogP contribution in [0.1, 0.15) is 48.2 Å². The van der Waals surface area contributed by atoms with E-state index in [9.17, 15) is 9.18 Å². The Labute approximate surface area is 263 Å². The van der Waals surface area contributed by atoms with E-state index in [1.165, 1.54) is 18.5 Å². The molecule has 0 fully saturated rings. The van der Waals surface area contributed by atoms with Crippen LogP contribution in [0.15, 0.2) is 83.5 Å². The number of hydrogen-bond donors (Lipinski definition) is 1. The van der Waals surface area contributed by atoms with E-state index in [1.807, 2.05) is 18.2 Å². The first-order chi connectivity index (χ1) is 21.8. The third kappa shape index (κ3) is 7.85. The Hall–Kier alpha value is -4.63. The maximum atomic E-state index is 13.5. The summed E-state index contributed by atoms with van der Waals surface area (Å²) < 4.78 is 47.6. The maximum absolute atomic E-state index is 13.5. The summed E-state index contributed by atoms with van der Waals surface area (Å²) >= 11 is 6.50. The highest BCUT2D eigenvalue weighted by molar-refractivity contribution is 6.32. The van der Waals surface area contributed by atoms with Crippen LogP contribution in [0.25, 0.3) is 22.2 Å². The first-order valence-corrected chi connectivity index (χ1v) is 14.5. The van der Waals surface area contributed by atoms with Gasteiger partial charge in [-0.3, -0.25) is 0 Å². The second-order valence-corrected chi connectivity index (χ2v) is 11.4. The van der Waals surface area contributed by atoms with E-state index in [0.717, 1.165) is 15.8 Å². The molecule has 1 amide bonds. The minimum atomic E-state index is -1.94. The van der Waals surface area contributed by atoms with E-state index in [4.69, 9.17) is 28.2 Å². The number of halogens is 2. The Bertz CT molecular complexity index is 1860. The Morgan fingerprint density at radius 1 is 1.09 bits per heavy atom. The summed E-state index contributed by atoms with van der Waals surface area (Å²) in [6.07, 6.45) is 0.776. The topological polar surface area (TPSA) is 89.7 Å². The predicted molar refractivity (Wildman–Crippen MR) is 170 cm³/mol. The van der Waals surface area contributed by atoms with Crippen molar-refractivity contribution in [3.8, 4) is 17.1 Å². The molecule has 5 rings (SSSR count). The van der Waals surface area contributed by atoms with Crippen molar-refractivity contribution < 1.29 is 25.8 Å². The fraction of sp³-hybridized carbons (Fsp3) is 0.265. The standard InChI is InChI=1S/C34H34ClFN4O4/c1-5-15-40(33(41)44-34(2,3)4)19-26-11-14-30(43-26)23-9-12-29-27(17-23)32(38-21-37-29)39-25-10-13-31(28(35)18-25)42-20-22-7-6-8-24(36)16-22/h6-14,16-18,21H,5,15,19-20H2,1-4H3,(H,37,38,39)/i15D2. The monoisotopic (exact) mass is 618 g/mol. The lowest BCUT2D eigenvalue weighted by Crippen LogP contribution is -2.36. The summed E-state index contributed by atoms with van der Waals surface area (Å²) in [6.45, 7) is 4.99. The second kappa shape index (κ2) is 13.3. The molecule has 228 valence electrons. The van der Waals surface area contributed by atoms with Gasteiger partial charge in [-0.15, -0.1) is 0 Å². The summed E-state index contributed by atoms with van der Waals surface area (Å²) in [5.41, 5.74) is 2.01. The summed E-state index contributed by atoms with van der Waals surface area (Å²) in [6, 6.07) is 20.5. The molecule has 0 aliphatic rings. The molecule has 10 heteroatoms. The minimum absolute atomic E-state index is 0.0795. The number of amides is 1. The molecule has 0 radical (unpaired) electrons. The molecule has 3 aromatic carbocycles. The van der Waals surface area contributed by atoms with Crippen LogP contribution in [0.2, 0.25) is 5.02 Å². The van der Waals surface area contributed by atoms with Crippen molar-refractivity contribution in [2.75, 3.05) is 11.8 Å². The van der Waals surface area contributed by atoms with Gasteiger partial charge in [0.2, 0.25) is 0 Å². The van der Waals surface area contributed by atoms with Crippen LogP contribution < -0.4 is 10.1 Å². The van der Waals surface area contributed by atoms with Gasteiger partial charge in [-0.2, -0.15) is 0 Å². The molecule has 8 nitrogen and oxygen atoms in total. The van der Waals surface area contributed by atoms with Gasteiger partial charge in [-0.1, -0.05) is 30.7 Å². The molecular formula is C34H34ClFN4O4. The second-order valence-electron chi connectivity index (χ2n) is 11.0. The number of benzene rings is 3. The van der Waals surface area contributed by atoms with Crippen molar-refractivity contribution in [3.63, 3.8) is 0 Å². The lowest BCUT2D eigenvalue weighted by molar-refractivity contribution is 0.0221. The van der Waals surface area contributed by atoms with Gasteiger partial charge < -0.3 is 24.1 Å². The van der Waals surface area contributed by atoms with Crippen molar-refractivity contribution in [3.05, 3.63) is 101 Å². The number of aromatic nitrogens is 2. The number of ether oxygens (including phenoxy) is 2. The number of hydrogen-bond acceptors (Lipinski definition) is 7. The molecule has 2 aromatic heterocycles. The zero-order valence-corrected chi connectivity index (χ0v) is 25.6. The Balaban J connectivity index is 1.35. The molecule has 1 N–H and O–H groups in total. The average Bonchev–Trinajstić information content (AvgIpc) is 3.47. The van der Waals surface area contributed by atoms with E-state index in [1.54, 1.807) is 70.2 Å². The van der Waals surface area contributed by atoms with Gasteiger partial charge in [-0.05, 0) is 93.4 Å². The number of anilines is 2. The van der Waals surface area contributed by atoms with Gasteiger partial charge in [0.15, 0.2) is 0 Å². The van der Waals surface area contributed by atoms with Crippen LogP contribution in [0.5, 0.6) is 5.75 Å². The highest BCUT2D eigenvalue weighted by Gasteiger charge is 2.23. The Morgan fingerprint density at radius 3 is 2.68 bits per heavy atom. The summed E-state index contributed by atoms with van der Waals surface area (Å²) in [7, 11) is 0. The highest BCUT2D eigenvalue weighted by atomic mass is 35.5. The van der Waals surface area contributed by atoms with Crippen LogP contribution in [0, 0.1) is 5.82 Å². The molecule has 0 saturated heterocycles. The number of furan rings is 1. The normalized spacial score (nSPS) is 12.4. The number of nitrogens with zero attached hydrogens (tertiary/aromatic N) is 3. The molecule has 5 aromatic rings. The fourth-order valence-electron chi connectivity index (χ4n) is 4.40. The third-order valence-corrected chi connectivity index (χ3v) is 6.63. The number of rotatable bonds is 10. The first kappa shape index (κ1) is 28.2. The van der Waals surface area contributed by atoms with Crippen molar-refractivity contribution >= 4 is 40.1 Å². The van der Waals surface area contributed by atoms with E-state index >= 15 is 0 Å². The minimum Gasteiger partial charge on any atom is -0.487 e. The third-order valence-electron chi connectivity index (χ3n) is 6.34. The predicted octanol–water partition coefficient (Wildman–Crippen LogP) is 9.15. The smallest absolute Gasteiger partial charge is 0.410 e. The lowest BCUT2D eigenvalue weighted by Gasteiger charge is -2.26. The molecule has 0 unspecified atom stereocenters. The van der Waals surface area contributed by atoms with Crippen molar-refractivity contribution in [2.45, 2.75) is 52.9 Å². The van der Waals surface area contributed by atoms with E-state index < -0.39 is 18.2 Å². The van der Waals surface area contributed by atoms with Gasteiger partial charge in [0.1, 0.15) is 47.4 Å². The van der Waals surface area contributed by atoms with Crippen LogP contribution in [-0.4, -0.2) is 33.1 Å². The van der Waals surface area contributed by atoms with Crippen molar-refractivity contribution in [2.24, 2.45) is 0 Å².